The molecule has 0 aromatic heterocycles. The first-order valence-electron chi connectivity index (χ1n) is 34.2. The highest BCUT2D eigenvalue weighted by molar-refractivity contribution is 5.71. The third kappa shape index (κ3) is 59.9. The third-order valence-electron chi connectivity index (χ3n) is 16.6. The van der Waals surface area contributed by atoms with Gasteiger partial charge in [0.15, 0.2) is 6.10 Å². The molecule has 0 aliphatic heterocycles. The van der Waals surface area contributed by atoms with Gasteiger partial charge in [0, 0.05) is 19.3 Å². The fourth-order valence-electron chi connectivity index (χ4n) is 10.7. The Morgan fingerprint density at radius 1 is 0.267 bits per heavy atom. The van der Waals surface area contributed by atoms with Gasteiger partial charge in [0.25, 0.3) is 0 Å². The van der Waals surface area contributed by atoms with Crippen molar-refractivity contribution in [1.29, 1.82) is 0 Å². The van der Waals surface area contributed by atoms with Gasteiger partial charge in [-0.2, -0.15) is 0 Å². The Balaban J connectivity index is 4.28. The second kappa shape index (κ2) is 60.1. The van der Waals surface area contributed by atoms with Crippen molar-refractivity contribution in [3.05, 3.63) is 0 Å². The van der Waals surface area contributed by atoms with Crippen molar-refractivity contribution in [2.45, 2.75) is 394 Å². The number of hydrogen-bond acceptors (Lipinski definition) is 6. The lowest BCUT2D eigenvalue weighted by Crippen LogP contribution is -2.30. The van der Waals surface area contributed by atoms with Crippen molar-refractivity contribution in [2.24, 2.45) is 17.8 Å². The molecule has 0 aromatic rings. The maximum absolute atomic E-state index is 12.9. The van der Waals surface area contributed by atoms with E-state index >= 15 is 0 Å². The molecule has 0 aromatic carbocycles. The molecule has 0 aliphatic carbocycles. The molecule has 0 saturated heterocycles. The minimum Gasteiger partial charge on any atom is -0.462 e. The summed E-state index contributed by atoms with van der Waals surface area (Å²) in [5.74, 6) is 1.82. The van der Waals surface area contributed by atoms with E-state index in [1.54, 1.807) is 0 Å². The molecular weight excluding hydrogens is 925 g/mol. The summed E-state index contributed by atoms with van der Waals surface area (Å²) in [5, 5.41) is 0. The molecule has 0 heterocycles. The van der Waals surface area contributed by atoms with Crippen LogP contribution in [0.5, 0.6) is 0 Å². The molecule has 0 radical (unpaired) electrons. The standard InChI is InChI=1S/C69H134O6/c1-7-64(5)56-50-44-38-32-26-20-13-11-9-10-12-14-22-28-34-40-46-52-58-67(70)73-61-66(62-74-68(71)59-53-47-41-35-29-23-17-15-19-25-31-37-43-49-55-63(3)4)75-69(72)60-54-48-42-36-30-24-18-16-21-27-33-39-45-51-57-65(6)8-2/h63-66H,7-62H2,1-6H3/t64?,65?,66-/m1/s1. The van der Waals surface area contributed by atoms with Gasteiger partial charge in [0.1, 0.15) is 13.2 Å². The third-order valence-corrected chi connectivity index (χ3v) is 16.6. The second-order valence-electron chi connectivity index (χ2n) is 24.8. The normalized spacial score (nSPS) is 12.8. The molecule has 0 spiro atoms. The zero-order valence-electron chi connectivity index (χ0n) is 51.9. The van der Waals surface area contributed by atoms with E-state index in [1.165, 1.54) is 270 Å². The van der Waals surface area contributed by atoms with Crippen LogP contribution in [0.15, 0.2) is 0 Å². The maximum atomic E-state index is 12.9. The summed E-state index contributed by atoms with van der Waals surface area (Å²) in [7, 11) is 0. The number of rotatable bonds is 62. The van der Waals surface area contributed by atoms with E-state index in [1.807, 2.05) is 0 Å². The van der Waals surface area contributed by atoms with Gasteiger partial charge in [-0.15, -0.1) is 0 Å². The van der Waals surface area contributed by atoms with Crippen LogP contribution in [0.3, 0.4) is 0 Å². The highest BCUT2D eigenvalue weighted by atomic mass is 16.6. The van der Waals surface area contributed by atoms with Crippen LogP contribution in [0.4, 0.5) is 0 Å². The lowest BCUT2D eigenvalue weighted by atomic mass is 9.99. The molecule has 446 valence electrons. The SMILES string of the molecule is CCC(C)CCCCCCCCCCCCCCCCCCCCC(=O)OC[C@H](COC(=O)CCCCCCCCCCCCCCCCC(C)C)OC(=O)CCCCCCCCCCCCCCCCC(C)CC. The highest BCUT2D eigenvalue weighted by Gasteiger charge is 2.20. The van der Waals surface area contributed by atoms with Crippen molar-refractivity contribution in [3.8, 4) is 0 Å². The zero-order chi connectivity index (χ0) is 54.8. The molecule has 0 aliphatic rings. The number of carbonyl (C=O) groups excluding carboxylic acids is 3. The number of hydrogen-bond donors (Lipinski definition) is 0. The Labute approximate surface area is 469 Å². The summed E-state index contributed by atoms with van der Waals surface area (Å²) in [4.78, 5) is 38.4. The van der Waals surface area contributed by atoms with Crippen LogP contribution in [0.2, 0.25) is 0 Å². The van der Waals surface area contributed by atoms with Crippen LogP contribution in [-0.2, 0) is 28.6 Å². The first kappa shape index (κ1) is 73.4. The van der Waals surface area contributed by atoms with Crippen molar-refractivity contribution >= 4 is 17.9 Å². The van der Waals surface area contributed by atoms with Gasteiger partial charge in [-0.25, -0.2) is 0 Å². The summed E-state index contributed by atoms with van der Waals surface area (Å²) < 4.78 is 17.0. The molecule has 0 amide bonds. The molecule has 2 unspecified atom stereocenters. The molecule has 0 bridgehead atoms. The van der Waals surface area contributed by atoms with Gasteiger partial charge >= 0.3 is 17.9 Å². The van der Waals surface area contributed by atoms with Crippen LogP contribution in [0, 0.1) is 17.8 Å². The fraction of sp³-hybridized carbons (Fsp3) is 0.957. The minimum atomic E-state index is -0.765. The lowest BCUT2D eigenvalue weighted by molar-refractivity contribution is -0.167. The molecule has 0 N–H and O–H groups in total. The monoisotopic (exact) mass is 1060 g/mol. The number of esters is 3. The fourth-order valence-corrected chi connectivity index (χ4v) is 10.7. The van der Waals surface area contributed by atoms with Crippen LogP contribution in [0.25, 0.3) is 0 Å². The van der Waals surface area contributed by atoms with E-state index in [-0.39, 0.29) is 31.1 Å². The molecule has 0 saturated carbocycles. The average molecular weight is 1060 g/mol. The van der Waals surface area contributed by atoms with Gasteiger partial charge in [0.05, 0.1) is 0 Å². The number of ether oxygens (including phenoxy) is 3. The molecule has 0 rings (SSSR count). The van der Waals surface area contributed by atoms with Gasteiger partial charge in [-0.05, 0) is 37.0 Å². The van der Waals surface area contributed by atoms with Crippen LogP contribution in [0.1, 0.15) is 388 Å². The van der Waals surface area contributed by atoms with Crippen molar-refractivity contribution in [2.75, 3.05) is 13.2 Å². The van der Waals surface area contributed by atoms with Gasteiger partial charge in [-0.1, -0.05) is 350 Å². The van der Waals surface area contributed by atoms with E-state index in [4.69, 9.17) is 14.2 Å². The Morgan fingerprint density at radius 3 is 0.693 bits per heavy atom. The predicted molar refractivity (Wildman–Crippen MR) is 326 cm³/mol. The topological polar surface area (TPSA) is 78.9 Å². The van der Waals surface area contributed by atoms with Crippen molar-refractivity contribution < 1.29 is 28.6 Å². The molecule has 0 fully saturated rings. The maximum Gasteiger partial charge on any atom is 0.306 e. The van der Waals surface area contributed by atoms with E-state index in [0.717, 1.165) is 75.5 Å². The Morgan fingerprint density at radius 2 is 0.467 bits per heavy atom. The molecular formula is C69H134O6. The molecule has 6 nitrogen and oxygen atoms in total. The number of unbranched alkanes of at least 4 members (excludes halogenated alkanes) is 43. The highest BCUT2D eigenvalue weighted by Crippen LogP contribution is 2.20. The average Bonchev–Trinajstić information content (AvgIpc) is 3.40. The quantitative estimate of drug-likeness (QED) is 0.0343. The number of carbonyl (C=O) groups is 3. The van der Waals surface area contributed by atoms with Gasteiger partial charge in [-0.3, -0.25) is 14.4 Å². The Hall–Kier alpha value is -1.59. The largest absolute Gasteiger partial charge is 0.462 e. The first-order chi connectivity index (χ1) is 36.7. The van der Waals surface area contributed by atoms with E-state index in [9.17, 15) is 14.4 Å². The lowest BCUT2D eigenvalue weighted by Gasteiger charge is -2.18. The van der Waals surface area contributed by atoms with E-state index in [2.05, 4.69) is 41.5 Å². The zero-order valence-corrected chi connectivity index (χ0v) is 51.9. The summed E-state index contributed by atoms with van der Waals surface area (Å²) in [6, 6.07) is 0. The smallest absolute Gasteiger partial charge is 0.306 e. The van der Waals surface area contributed by atoms with Crippen LogP contribution in [-0.4, -0.2) is 37.2 Å². The summed E-state index contributed by atoms with van der Waals surface area (Å²) in [5.41, 5.74) is 0. The Bertz CT molecular complexity index is 1170. The van der Waals surface area contributed by atoms with Gasteiger partial charge in [0.2, 0.25) is 0 Å². The minimum absolute atomic E-state index is 0.0621. The van der Waals surface area contributed by atoms with Crippen LogP contribution < -0.4 is 0 Å². The Kier molecular flexibility index (Phi) is 58.8. The van der Waals surface area contributed by atoms with E-state index < -0.39 is 6.10 Å². The second-order valence-corrected chi connectivity index (χ2v) is 24.8. The van der Waals surface area contributed by atoms with Crippen LogP contribution >= 0.6 is 0 Å². The first-order valence-corrected chi connectivity index (χ1v) is 34.2. The van der Waals surface area contributed by atoms with E-state index in [0.29, 0.717) is 19.3 Å². The molecule has 6 heteroatoms. The summed E-state index contributed by atoms with van der Waals surface area (Å²) >= 11 is 0. The summed E-state index contributed by atoms with van der Waals surface area (Å²) in [6.07, 6.45) is 66.7. The molecule has 75 heavy (non-hydrogen) atoms. The van der Waals surface area contributed by atoms with Crippen molar-refractivity contribution in [3.63, 3.8) is 0 Å². The molecule has 3 atom stereocenters. The summed E-state index contributed by atoms with van der Waals surface area (Å²) in [6.45, 7) is 13.9. The van der Waals surface area contributed by atoms with Crippen molar-refractivity contribution in [1.82, 2.24) is 0 Å². The van der Waals surface area contributed by atoms with Gasteiger partial charge < -0.3 is 14.2 Å². The predicted octanol–water partition coefficient (Wildman–Crippen LogP) is 23.0.